The third kappa shape index (κ3) is 3.71. The summed E-state index contributed by atoms with van der Waals surface area (Å²) in [5.41, 5.74) is 2.35. The molecular weight excluding hydrogens is 362 g/mol. The van der Waals surface area contributed by atoms with Crippen LogP contribution in [0, 0.1) is 6.92 Å². The zero-order chi connectivity index (χ0) is 19.6. The zero-order valence-corrected chi connectivity index (χ0v) is 16.3. The minimum atomic E-state index is -1.29. The average molecular weight is 383 g/mol. The summed E-state index contributed by atoms with van der Waals surface area (Å²) in [6.45, 7) is 5.16. The Kier molecular flexibility index (Phi) is 5.56. The number of para-hydroxylation sites is 1. The lowest BCUT2D eigenvalue weighted by Crippen LogP contribution is -2.25. The van der Waals surface area contributed by atoms with Gasteiger partial charge in [0.05, 0.1) is 21.3 Å². The van der Waals surface area contributed by atoms with E-state index in [1.165, 1.54) is 0 Å². The van der Waals surface area contributed by atoms with E-state index in [-0.39, 0.29) is 11.3 Å². The lowest BCUT2D eigenvalue weighted by atomic mass is 10.0. The molecular formula is C21H21NO4S. The predicted octanol–water partition coefficient (Wildman–Crippen LogP) is 4.03. The first kappa shape index (κ1) is 19.0. The first-order chi connectivity index (χ1) is 12.9. The van der Waals surface area contributed by atoms with Gasteiger partial charge in [0, 0.05) is 27.9 Å². The fourth-order valence-electron chi connectivity index (χ4n) is 3.06. The van der Waals surface area contributed by atoms with Gasteiger partial charge in [-0.1, -0.05) is 37.3 Å². The normalized spacial score (nSPS) is 13.3. The van der Waals surface area contributed by atoms with Crippen molar-refractivity contribution in [2.45, 2.75) is 31.8 Å². The molecule has 1 aromatic heterocycles. The molecule has 0 amide bonds. The number of hydrogen-bond donors (Lipinski definition) is 1. The maximum Gasteiger partial charge on any atom is 0.340 e. The highest BCUT2D eigenvalue weighted by atomic mass is 32.2. The van der Waals surface area contributed by atoms with Gasteiger partial charge in [0.15, 0.2) is 6.10 Å². The second kappa shape index (κ2) is 7.88. The molecule has 3 aromatic rings. The molecule has 0 fully saturated rings. The molecule has 5 nitrogen and oxygen atoms in total. The van der Waals surface area contributed by atoms with Crippen molar-refractivity contribution in [3.05, 3.63) is 65.4 Å². The molecule has 1 heterocycles. The van der Waals surface area contributed by atoms with Crippen LogP contribution in [0.1, 0.15) is 40.3 Å². The summed E-state index contributed by atoms with van der Waals surface area (Å²) in [5.74, 6) is -0.522. The number of fused-ring (bicyclic) bond motifs is 1. The Bertz CT molecular complexity index is 1040. The van der Waals surface area contributed by atoms with E-state index in [2.05, 4.69) is 4.98 Å². The van der Waals surface area contributed by atoms with E-state index in [1.54, 1.807) is 38.1 Å². The number of Topliss-reactive ketones (excluding diaryl/α,β-unsaturated/α-hetero) is 1. The molecule has 0 saturated heterocycles. The van der Waals surface area contributed by atoms with Gasteiger partial charge in [-0.3, -0.25) is 9.00 Å². The monoisotopic (exact) mass is 383 g/mol. The molecule has 0 unspecified atom stereocenters. The van der Waals surface area contributed by atoms with Crippen molar-refractivity contribution >= 4 is 33.5 Å². The van der Waals surface area contributed by atoms with E-state index in [0.717, 1.165) is 16.6 Å². The number of carbonyl (C=O) groups is 2. The molecule has 0 spiro atoms. The van der Waals surface area contributed by atoms with Gasteiger partial charge in [-0.2, -0.15) is 0 Å². The molecule has 140 valence electrons. The van der Waals surface area contributed by atoms with E-state index in [0.29, 0.717) is 16.2 Å². The van der Waals surface area contributed by atoms with Crippen LogP contribution in [0.15, 0.2) is 53.4 Å². The zero-order valence-electron chi connectivity index (χ0n) is 15.4. The number of ketones is 1. The maximum atomic E-state index is 12.9. The van der Waals surface area contributed by atoms with Crippen LogP contribution in [0.2, 0.25) is 0 Å². The summed E-state index contributed by atoms with van der Waals surface area (Å²) in [6.07, 6.45) is -0.960. The topological polar surface area (TPSA) is 76.2 Å². The minimum Gasteiger partial charge on any atom is -0.451 e. The molecule has 0 aliphatic rings. The fourth-order valence-corrected chi connectivity index (χ4v) is 4.00. The molecule has 0 aliphatic carbocycles. The smallest absolute Gasteiger partial charge is 0.340 e. The number of ether oxygens (including phenoxy) is 1. The lowest BCUT2D eigenvalue weighted by Gasteiger charge is -2.14. The second-order valence-corrected chi connectivity index (χ2v) is 7.92. The number of rotatable bonds is 6. The van der Waals surface area contributed by atoms with E-state index < -0.39 is 22.9 Å². The Morgan fingerprint density at radius 2 is 1.78 bits per heavy atom. The Labute approximate surface area is 160 Å². The van der Waals surface area contributed by atoms with Crippen molar-refractivity contribution < 1.29 is 18.5 Å². The lowest BCUT2D eigenvalue weighted by molar-refractivity contribution is 0.0315. The third-order valence-corrected chi connectivity index (χ3v) is 5.78. The largest absolute Gasteiger partial charge is 0.451 e. The number of benzene rings is 2. The SMILES string of the molecule is CC[S@](=O)c1ccccc1C(=O)O[C@H](C)C(=O)c1c(C)[nH]c2ccccc12. The van der Waals surface area contributed by atoms with Gasteiger partial charge in [0.1, 0.15) is 0 Å². The molecule has 3 rings (SSSR count). The van der Waals surface area contributed by atoms with Gasteiger partial charge in [0.2, 0.25) is 5.78 Å². The number of nitrogens with one attached hydrogen (secondary N) is 1. The van der Waals surface area contributed by atoms with Gasteiger partial charge in [0.25, 0.3) is 0 Å². The number of aromatic amines is 1. The Hall–Kier alpha value is -2.73. The van der Waals surface area contributed by atoms with Crippen LogP contribution in [-0.4, -0.2) is 32.8 Å². The van der Waals surface area contributed by atoms with Crippen LogP contribution in [0.5, 0.6) is 0 Å². The van der Waals surface area contributed by atoms with Crippen molar-refractivity contribution in [3.8, 4) is 0 Å². The average Bonchev–Trinajstić information content (AvgIpc) is 3.02. The number of esters is 1. The number of H-pyrrole nitrogens is 1. The van der Waals surface area contributed by atoms with Crippen molar-refractivity contribution in [3.63, 3.8) is 0 Å². The molecule has 6 heteroatoms. The van der Waals surface area contributed by atoms with Crippen LogP contribution >= 0.6 is 0 Å². The standard InChI is InChI=1S/C21H21NO4S/c1-4-27(25)18-12-8-6-10-16(18)21(24)26-14(3)20(23)19-13(2)22-17-11-7-5-9-15(17)19/h5-12,14,22H,4H2,1-3H3/t14-,27+/m1/s1. The number of aryl methyl sites for hydroxylation is 1. The van der Waals surface area contributed by atoms with Gasteiger partial charge in [-0.15, -0.1) is 0 Å². The first-order valence-corrected chi connectivity index (χ1v) is 10.1. The quantitative estimate of drug-likeness (QED) is 0.515. The minimum absolute atomic E-state index is 0.230. The van der Waals surface area contributed by atoms with E-state index in [9.17, 15) is 13.8 Å². The van der Waals surface area contributed by atoms with Crippen LogP contribution in [-0.2, 0) is 15.5 Å². The highest BCUT2D eigenvalue weighted by Gasteiger charge is 2.26. The summed E-state index contributed by atoms with van der Waals surface area (Å²) in [5, 5.41) is 0.801. The van der Waals surface area contributed by atoms with Gasteiger partial charge in [-0.25, -0.2) is 4.79 Å². The van der Waals surface area contributed by atoms with Crippen LogP contribution < -0.4 is 0 Å². The van der Waals surface area contributed by atoms with E-state index in [1.807, 2.05) is 31.2 Å². The molecule has 0 aliphatic heterocycles. The molecule has 0 bridgehead atoms. The fraction of sp³-hybridized carbons (Fsp3) is 0.238. The third-order valence-electron chi connectivity index (χ3n) is 4.41. The Morgan fingerprint density at radius 3 is 2.52 bits per heavy atom. The Morgan fingerprint density at radius 1 is 1.11 bits per heavy atom. The van der Waals surface area contributed by atoms with Crippen molar-refractivity contribution in [1.29, 1.82) is 0 Å². The highest BCUT2D eigenvalue weighted by molar-refractivity contribution is 7.85. The Balaban J connectivity index is 1.86. The van der Waals surface area contributed by atoms with Gasteiger partial charge >= 0.3 is 5.97 Å². The van der Waals surface area contributed by atoms with Gasteiger partial charge < -0.3 is 9.72 Å². The highest BCUT2D eigenvalue weighted by Crippen LogP contribution is 2.24. The summed E-state index contributed by atoms with van der Waals surface area (Å²) < 4.78 is 17.6. The van der Waals surface area contributed by atoms with Gasteiger partial charge in [-0.05, 0) is 32.0 Å². The molecule has 2 atom stereocenters. The number of hydrogen-bond acceptors (Lipinski definition) is 4. The summed E-state index contributed by atoms with van der Waals surface area (Å²) >= 11 is 0. The van der Waals surface area contributed by atoms with Crippen molar-refractivity contribution in [2.75, 3.05) is 5.75 Å². The number of carbonyl (C=O) groups excluding carboxylic acids is 2. The predicted molar refractivity (Wildman–Crippen MR) is 106 cm³/mol. The van der Waals surface area contributed by atoms with Crippen molar-refractivity contribution in [1.82, 2.24) is 4.98 Å². The molecule has 2 aromatic carbocycles. The van der Waals surface area contributed by atoms with Crippen LogP contribution in [0.25, 0.3) is 10.9 Å². The summed E-state index contributed by atoms with van der Waals surface area (Å²) in [7, 11) is -1.29. The maximum absolute atomic E-state index is 12.9. The summed E-state index contributed by atoms with van der Waals surface area (Å²) in [6, 6.07) is 14.1. The molecule has 0 radical (unpaired) electrons. The van der Waals surface area contributed by atoms with Crippen molar-refractivity contribution in [2.24, 2.45) is 0 Å². The van der Waals surface area contributed by atoms with E-state index >= 15 is 0 Å². The van der Waals surface area contributed by atoms with Crippen LogP contribution in [0.4, 0.5) is 0 Å². The molecule has 1 N–H and O–H groups in total. The second-order valence-electron chi connectivity index (χ2n) is 6.21. The van der Waals surface area contributed by atoms with E-state index in [4.69, 9.17) is 4.74 Å². The molecule has 27 heavy (non-hydrogen) atoms. The number of aromatic nitrogens is 1. The van der Waals surface area contributed by atoms with Crippen LogP contribution in [0.3, 0.4) is 0 Å². The first-order valence-electron chi connectivity index (χ1n) is 8.74. The molecule has 0 saturated carbocycles. The summed E-state index contributed by atoms with van der Waals surface area (Å²) in [4.78, 5) is 29.1.